The van der Waals surface area contributed by atoms with Crippen molar-refractivity contribution < 1.29 is 14.3 Å². The number of ether oxygens (including phenoxy) is 1. The van der Waals surface area contributed by atoms with Crippen molar-refractivity contribution in [1.29, 1.82) is 0 Å². The number of anilines is 1. The first-order chi connectivity index (χ1) is 15.7. The van der Waals surface area contributed by atoms with E-state index < -0.39 is 6.04 Å². The van der Waals surface area contributed by atoms with Crippen LogP contribution >= 0.6 is 0 Å². The van der Waals surface area contributed by atoms with E-state index in [0.717, 1.165) is 27.7 Å². The third-order valence-corrected chi connectivity index (χ3v) is 6.50. The maximum atomic E-state index is 13.7. The number of nitrogens with one attached hydrogen (secondary N) is 1. The average molecular weight is 423 g/mol. The molecule has 1 saturated heterocycles. The van der Waals surface area contributed by atoms with Gasteiger partial charge < -0.3 is 9.72 Å². The number of imide groups is 1. The number of aromatic amines is 1. The van der Waals surface area contributed by atoms with Crippen LogP contribution in [0.15, 0.2) is 78.9 Å². The smallest absolute Gasteiger partial charge is 0.332 e. The van der Waals surface area contributed by atoms with E-state index in [1.54, 1.807) is 36.3 Å². The molecule has 2 atom stereocenters. The standard InChI is InChI=1S/C26H21N3O3/c1-32-18-13-11-17(12-14-18)28-25(30)22-15-20-19-9-5-6-10-21(19)27-23(20)24(29(22)26(28)31)16-7-3-2-4-8-16/h2-14,22,24,27H,15H2,1H3/t22-,24+/m0/s1. The van der Waals surface area contributed by atoms with Gasteiger partial charge in [0, 0.05) is 23.0 Å². The number of carbonyl (C=O) groups is 2. The summed E-state index contributed by atoms with van der Waals surface area (Å²) in [6, 6.07) is 23.8. The highest BCUT2D eigenvalue weighted by Crippen LogP contribution is 2.44. The third kappa shape index (κ3) is 2.59. The van der Waals surface area contributed by atoms with Crippen LogP contribution in [0.3, 0.4) is 0 Å². The Morgan fingerprint density at radius 2 is 1.62 bits per heavy atom. The predicted octanol–water partition coefficient (Wildman–Crippen LogP) is 4.66. The Hall–Kier alpha value is -4.06. The molecule has 0 saturated carbocycles. The second-order valence-corrected chi connectivity index (χ2v) is 8.16. The van der Waals surface area contributed by atoms with Crippen molar-refractivity contribution in [2.45, 2.75) is 18.5 Å². The number of methoxy groups -OCH3 is 1. The molecule has 1 N–H and O–H groups in total. The van der Waals surface area contributed by atoms with Gasteiger partial charge in [-0.2, -0.15) is 0 Å². The van der Waals surface area contributed by atoms with Crippen LogP contribution in [0.25, 0.3) is 10.9 Å². The molecular weight excluding hydrogens is 402 g/mol. The van der Waals surface area contributed by atoms with Crippen LogP contribution in [0, 0.1) is 0 Å². The van der Waals surface area contributed by atoms with Gasteiger partial charge in [0.25, 0.3) is 5.91 Å². The molecule has 6 heteroatoms. The Morgan fingerprint density at radius 3 is 2.38 bits per heavy atom. The Balaban J connectivity index is 1.51. The van der Waals surface area contributed by atoms with Gasteiger partial charge in [0.15, 0.2) is 0 Å². The zero-order valence-corrected chi connectivity index (χ0v) is 17.5. The normalized spacial score (nSPS) is 19.9. The van der Waals surface area contributed by atoms with Crippen LogP contribution in [-0.4, -0.2) is 35.0 Å². The summed E-state index contributed by atoms with van der Waals surface area (Å²) < 4.78 is 5.22. The summed E-state index contributed by atoms with van der Waals surface area (Å²) in [6.45, 7) is 0. The lowest BCUT2D eigenvalue weighted by Crippen LogP contribution is -2.44. The molecule has 0 radical (unpaired) electrons. The van der Waals surface area contributed by atoms with Crippen LogP contribution in [0.2, 0.25) is 0 Å². The number of aromatic nitrogens is 1. The summed E-state index contributed by atoms with van der Waals surface area (Å²) >= 11 is 0. The SMILES string of the molecule is COc1ccc(N2C(=O)[C@@H]3Cc4c([nH]c5ccccc45)[C@@H](c4ccccc4)N3C2=O)cc1. The van der Waals surface area contributed by atoms with Crippen LogP contribution in [0.4, 0.5) is 10.5 Å². The number of hydrogen-bond donors (Lipinski definition) is 1. The summed E-state index contributed by atoms with van der Waals surface area (Å²) in [6.07, 6.45) is 0.486. The average Bonchev–Trinajstić information content (AvgIpc) is 3.33. The van der Waals surface area contributed by atoms with E-state index in [2.05, 4.69) is 11.1 Å². The molecular formula is C26H21N3O3. The van der Waals surface area contributed by atoms with Crippen molar-refractivity contribution >= 4 is 28.5 Å². The van der Waals surface area contributed by atoms with E-state index in [4.69, 9.17) is 4.74 Å². The van der Waals surface area contributed by atoms with Gasteiger partial charge in [0.05, 0.1) is 12.8 Å². The first-order valence-corrected chi connectivity index (χ1v) is 10.6. The van der Waals surface area contributed by atoms with Gasteiger partial charge in [-0.25, -0.2) is 9.69 Å². The molecule has 3 heterocycles. The van der Waals surface area contributed by atoms with Crippen molar-refractivity contribution in [3.8, 4) is 5.75 Å². The van der Waals surface area contributed by atoms with Gasteiger partial charge in [-0.15, -0.1) is 0 Å². The number of benzene rings is 3. The maximum absolute atomic E-state index is 13.7. The molecule has 4 aromatic rings. The maximum Gasteiger partial charge on any atom is 0.332 e. The minimum absolute atomic E-state index is 0.197. The molecule has 1 aromatic heterocycles. The van der Waals surface area contributed by atoms with Gasteiger partial charge >= 0.3 is 6.03 Å². The van der Waals surface area contributed by atoms with Crippen molar-refractivity contribution in [3.05, 3.63) is 95.7 Å². The molecule has 2 aliphatic heterocycles. The largest absolute Gasteiger partial charge is 0.497 e. The molecule has 0 bridgehead atoms. The molecule has 6 rings (SSSR count). The Morgan fingerprint density at radius 1 is 0.906 bits per heavy atom. The van der Waals surface area contributed by atoms with Crippen molar-refractivity contribution in [3.63, 3.8) is 0 Å². The number of urea groups is 1. The number of fused-ring (bicyclic) bond motifs is 4. The van der Waals surface area contributed by atoms with Crippen LogP contribution < -0.4 is 9.64 Å². The highest BCUT2D eigenvalue weighted by molar-refractivity contribution is 6.22. The molecule has 6 nitrogen and oxygen atoms in total. The lowest BCUT2D eigenvalue weighted by Gasteiger charge is -2.36. The van der Waals surface area contributed by atoms with E-state index in [0.29, 0.717) is 17.9 Å². The molecule has 2 aliphatic rings. The summed E-state index contributed by atoms with van der Waals surface area (Å²) in [7, 11) is 1.59. The number of carbonyl (C=O) groups excluding carboxylic acids is 2. The second-order valence-electron chi connectivity index (χ2n) is 8.16. The number of para-hydroxylation sites is 1. The second kappa shape index (κ2) is 6.99. The Labute approximate surface area is 185 Å². The zero-order valence-electron chi connectivity index (χ0n) is 17.5. The van der Waals surface area contributed by atoms with Crippen LogP contribution in [-0.2, 0) is 11.2 Å². The molecule has 0 spiro atoms. The van der Waals surface area contributed by atoms with Crippen LogP contribution in [0.5, 0.6) is 5.75 Å². The minimum Gasteiger partial charge on any atom is -0.497 e. The molecule has 1 fully saturated rings. The zero-order chi connectivity index (χ0) is 21.8. The van der Waals surface area contributed by atoms with E-state index >= 15 is 0 Å². The Kier molecular flexibility index (Phi) is 4.08. The lowest BCUT2D eigenvalue weighted by molar-refractivity contribution is -0.120. The quantitative estimate of drug-likeness (QED) is 0.488. The van der Waals surface area contributed by atoms with Crippen molar-refractivity contribution in [2.24, 2.45) is 0 Å². The van der Waals surface area contributed by atoms with Gasteiger partial charge in [0.2, 0.25) is 0 Å². The van der Waals surface area contributed by atoms with Crippen molar-refractivity contribution in [2.75, 3.05) is 12.0 Å². The highest BCUT2D eigenvalue weighted by Gasteiger charge is 2.53. The first-order valence-electron chi connectivity index (χ1n) is 10.6. The molecule has 3 amide bonds. The number of hydrogen-bond acceptors (Lipinski definition) is 3. The minimum atomic E-state index is -0.554. The lowest BCUT2D eigenvalue weighted by atomic mass is 9.89. The van der Waals surface area contributed by atoms with E-state index in [1.165, 1.54) is 4.90 Å². The van der Waals surface area contributed by atoms with E-state index in [9.17, 15) is 9.59 Å². The number of H-pyrrole nitrogens is 1. The predicted molar refractivity (Wildman–Crippen MR) is 122 cm³/mol. The molecule has 0 aliphatic carbocycles. The summed E-state index contributed by atoms with van der Waals surface area (Å²) in [4.78, 5) is 33.8. The van der Waals surface area contributed by atoms with E-state index in [1.807, 2.05) is 48.5 Å². The fourth-order valence-corrected chi connectivity index (χ4v) is 5.03. The molecule has 0 unspecified atom stereocenters. The number of nitrogens with zero attached hydrogens (tertiary/aromatic N) is 2. The van der Waals surface area contributed by atoms with Gasteiger partial charge in [-0.3, -0.25) is 9.69 Å². The number of amides is 3. The van der Waals surface area contributed by atoms with E-state index in [-0.39, 0.29) is 18.0 Å². The topological polar surface area (TPSA) is 65.6 Å². The monoisotopic (exact) mass is 423 g/mol. The summed E-state index contributed by atoms with van der Waals surface area (Å²) in [5.74, 6) is 0.478. The fraction of sp³-hybridized carbons (Fsp3) is 0.154. The van der Waals surface area contributed by atoms with Gasteiger partial charge in [-0.1, -0.05) is 48.5 Å². The Bertz CT molecular complexity index is 1340. The van der Waals surface area contributed by atoms with Crippen molar-refractivity contribution in [1.82, 2.24) is 9.88 Å². The first kappa shape index (κ1) is 18.7. The third-order valence-electron chi connectivity index (χ3n) is 6.50. The summed E-state index contributed by atoms with van der Waals surface area (Å²) in [5, 5.41) is 1.10. The van der Waals surface area contributed by atoms with Gasteiger partial charge in [0.1, 0.15) is 17.8 Å². The fourth-order valence-electron chi connectivity index (χ4n) is 5.03. The highest BCUT2D eigenvalue weighted by atomic mass is 16.5. The van der Waals surface area contributed by atoms with Crippen LogP contribution in [0.1, 0.15) is 22.9 Å². The van der Waals surface area contributed by atoms with Gasteiger partial charge in [-0.05, 0) is 41.5 Å². The summed E-state index contributed by atoms with van der Waals surface area (Å²) in [5.41, 5.74) is 4.63. The number of rotatable bonds is 3. The molecule has 3 aromatic carbocycles. The molecule has 32 heavy (non-hydrogen) atoms. The molecule has 158 valence electrons.